The summed E-state index contributed by atoms with van der Waals surface area (Å²) in [6.45, 7) is 3.99. The van der Waals surface area contributed by atoms with Gasteiger partial charge in [-0.3, -0.25) is 4.98 Å². The quantitative estimate of drug-likeness (QED) is 0.877. The predicted molar refractivity (Wildman–Crippen MR) is 99.8 cm³/mol. The first-order valence-corrected chi connectivity index (χ1v) is 10.1. The van der Waals surface area contributed by atoms with Crippen LogP contribution in [0.1, 0.15) is 37.8 Å². The van der Waals surface area contributed by atoms with Crippen LogP contribution in [0, 0.1) is 6.92 Å². The van der Waals surface area contributed by atoms with Crippen LogP contribution in [-0.2, 0) is 9.47 Å². The molecule has 2 saturated heterocycles. The van der Waals surface area contributed by atoms with Crippen molar-refractivity contribution >= 4 is 6.03 Å². The van der Waals surface area contributed by atoms with Gasteiger partial charge in [0.15, 0.2) is 0 Å². The lowest BCUT2D eigenvalue weighted by molar-refractivity contribution is -0.00461. The van der Waals surface area contributed by atoms with Gasteiger partial charge in [-0.25, -0.2) is 4.79 Å². The maximum atomic E-state index is 12.5. The molecule has 0 bridgehead atoms. The number of hydrogen-bond acceptors (Lipinski definition) is 5. The summed E-state index contributed by atoms with van der Waals surface area (Å²) in [6, 6.07) is 4.16. The number of urea groups is 1. The summed E-state index contributed by atoms with van der Waals surface area (Å²) in [4.78, 5) is 18.6. The number of amides is 2. The Hall–Kier alpha value is -1.86. The number of aromatic nitrogens is 1. The van der Waals surface area contributed by atoms with Crippen molar-refractivity contribution in [3.05, 3.63) is 24.0 Å². The second-order valence-corrected chi connectivity index (χ2v) is 7.81. The largest absolute Gasteiger partial charge is 0.484 e. The number of rotatable bonds is 3. The minimum Gasteiger partial charge on any atom is -0.484 e. The van der Waals surface area contributed by atoms with Crippen LogP contribution >= 0.6 is 0 Å². The van der Waals surface area contributed by atoms with Gasteiger partial charge < -0.3 is 24.4 Å². The zero-order chi connectivity index (χ0) is 18.6. The Labute approximate surface area is 160 Å². The zero-order valence-corrected chi connectivity index (χ0v) is 15.9. The van der Waals surface area contributed by atoms with Gasteiger partial charge in [0.05, 0.1) is 32.5 Å². The molecule has 1 aliphatic carbocycles. The van der Waals surface area contributed by atoms with Crippen LogP contribution in [0.25, 0.3) is 0 Å². The fraction of sp³-hybridized carbons (Fsp3) is 0.700. The van der Waals surface area contributed by atoms with E-state index in [1.807, 2.05) is 24.0 Å². The fourth-order valence-electron chi connectivity index (χ4n) is 4.04. The zero-order valence-electron chi connectivity index (χ0n) is 15.9. The van der Waals surface area contributed by atoms with E-state index in [2.05, 4.69) is 10.3 Å². The molecule has 0 aromatic carbocycles. The highest BCUT2D eigenvalue weighted by atomic mass is 16.6. The van der Waals surface area contributed by atoms with Gasteiger partial charge in [0.1, 0.15) is 24.1 Å². The van der Waals surface area contributed by atoms with Gasteiger partial charge in [-0.1, -0.05) is 19.3 Å². The molecule has 1 saturated carbocycles. The third-order valence-corrected chi connectivity index (χ3v) is 5.61. The van der Waals surface area contributed by atoms with Gasteiger partial charge in [-0.15, -0.1) is 0 Å². The van der Waals surface area contributed by atoms with Crippen LogP contribution in [-0.4, -0.2) is 66.6 Å². The van der Waals surface area contributed by atoms with Crippen LogP contribution in [0.2, 0.25) is 0 Å². The molecule has 1 aromatic heterocycles. The molecule has 148 valence electrons. The van der Waals surface area contributed by atoms with Crippen LogP contribution in [0.3, 0.4) is 0 Å². The molecule has 4 rings (SSSR count). The van der Waals surface area contributed by atoms with Crippen molar-refractivity contribution in [3.63, 3.8) is 0 Å². The first kappa shape index (κ1) is 18.5. The molecule has 2 amide bonds. The smallest absolute Gasteiger partial charge is 0.317 e. The van der Waals surface area contributed by atoms with Gasteiger partial charge in [0.25, 0.3) is 0 Å². The van der Waals surface area contributed by atoms with E-state index < -0.39 is 0 Å². The maximum Gasteiger partial charge on any atom is 0.317 e. The van der Waals surface area contributed by atoms with Crippen molar-refractivity contribution in [2.75, 3.05) is 26.3 Å². The summed E-state index contributed by atoms with van der Waals surface area (Å²) in [5.41, 5.74) is 0.955. The van der Waals surface area contributed by atoms with Crippen molar-refractivity contribution in [2.24, 2.45) is 0 Å². The van der Waals surface area contributed by atoms with Gasteiger partial charge in [0, 0.05) is 11.7 Å². The Kier molecular flexibility index (Phi) is 5.78. The molecule has 3 fully saturated rings. The van der Waals surface area contributed by atoms with Gasteiger partial charge in [0.2, 0.25) is 0 Å². The lowest BCUT2D eigenvalue weighted by Crippen LogP contribution is -2.45. The molecule has 7 nitrogen and oxygen atoms in total. The standard InChI is InChI=1S/C20H29N3O4/c1-14-7-8-16(9-21-14)27-17-12-25-18-10-23(11-19(18)26-13-17)20(24)22-15-5-3-2-4-6-15/h7-9,15,17-19H,2-6,10-13H2,1H3,(H,22,24)/t18-,19-/m0/s1. The van der Waals surface area contributed by atoms with Crippen molar-refractivity contribution in [2.45, 2.75) is 63.4 Å². The molecule has 2 atom stereocenters. The molecule has 0 spiro atoms. The van der Waals surface area contributed by atoms with E-state index in [9.17, 15) is 4.79 Å². The maximum absolute atomic E-state index is 12.5. The second kappa shape index (κ2) is 8.44. The molecule has 2 aliphatic heterocycles. The average Bonchev–Trinajstić information content (AvgIpc) is 3.01. The first-order valence-electron chi connectivity index (χ1n) is 10.1. The van der Waals surface area contributed by atoms with Crippen LogP contribution in [0.5, 0.6) is 5.75 Å². The summed E-state index contributed by atoms with van der Waals surface area (Å²) in [5.74, 6) is 0.721. The number of ether oxygens (including phenoxy) is 3. The first-order chi connectivity index (χ1) is 13.2. The number of likely N-dealkylation sites (tertiary alicyclic amines) is 1. The normalized spacial score (nSPS) is 27.1. The van der Waals surface area contributed by atoms with Gasteiger partial charge in [-0.05, 0) is 31.9 Å². The highest BCUT2D eigenvalue weighted by Gasteiger charge is 2.40. The molecule has 0 unspecified atom stereocenters. The van der Waals surface area contributed by atoms with Crippen molar-refractivity contribution in [1.82, 2.24) is 15.2 Å². The molecule has 3 aliphatic rings. The van der Waals surface area contributed by atoms with E-state index in [1.54, 1.807) is 6.20 Å². The number of carbonyl (C=O) groups excluding carboxylic acids is 1. The topological polar surface area (TPSA) is 72.9 Å². The Morgan fingerprint density at radius 2 is 1.85 bits per heavy atom. The second-order valence-electron chi connectivity index (χ2n) is 7.81. The Balaban J connectivity index is 1.26. The number of pyridine rings is 1. The van der Waals surface area contributed by atoms with Crippen LogP contribution in [0.4, 0.5) is 4.79 Å². The van der Waals surface area contributed by atoms with Crippen LogP contribution in [0.15, 0.2) is 18.3 Å². The van der Waals surface area contributed by atoms with E-state index in [0.29, 0.717) is 32.3 Å². The predicted octanol–water partition coefficient (Wildman–Crippen LogP) is 2.28. The summed E-state index contributed by atoms with van der Waals surface area (Å²) in [6.07, 6.45) is 7.25. The lowest BCUT2D eigenvalue weighted by atomic mass is 9.96. The van der Waals surface area contributed by atoms with Crippen molar-refractivity contribution in [1.29, 1.82) is 0 Å². The molecule has 7 heteroatoms. The fourth-order valence-corrected chi connectivity index (χ4v) is 4.04. The number of nitrogens with zero attached hydrogens (tertiary/aromatic N) is 2. The highest BCUT2D eigenvalue weighted by Crippen LogP contribution is 2.23. The summed E-state index contributed by atoms with van der Waals surface area (Å²) < 4.78 is 18.0. The number of nitrogens with one attached hydrogen (secondary N) is 1. The number of carbonyl (C=O) groups is 1. The molecule has 0 radical (unpaired) electrons. The number of hydrogen-bond donors (Lipinski definition) is 1. The van der Waals surface area contributed by atoms with Gasteiger partial charge in [-0.2, -0.15) is 0 Å². The van der Waals surface area contributed by atoms with E-state index in [0.717, 1.165) is 24.3 Å². The minimum absolute atomic E-state index is 0.0145. The van der Waals surface area contributed by atoms with Crippen molar-refractivity contribution in [3.8, 4) is 5.75 Å². The molecule has 1 aromatic rings. The summed E-state index contributed by atoms with van der Waals surface area (Å²) in [7, 11) is 0. The SMILES string of the molecule is Cc1ccc(OC2CO[C@H]3CN(C(=O)NC4CCCCC4)C[C@@H]3OC2)cn1. The Bertz CT molecular complexity index is 617. The third kappa shape index (κ3) is 4.71. The highest BCUT2D eigenvalue weighted by molar-refractivity contribution is 5.75. The van der Waals surface area contributed by atoms with E-state index in [1.165, 1.54) is 19.3 Å². The minimum atomic E-state index is -0.162. The molecular formula is C20H29N3O4. The molecule has 27 heavy (non-hydrogen) atoms. The average molecular weight is 375 g/mol. The van der Waals surface area contributed by atoms with E-state index in [-0.39, 0.29) is 24.3 Å². The summed E-state index contributed by atoms with van der Waals surface area (Å²) in [5, 5.41) is 3.18. The van der Waals surface area contributed by atoms with Gasteiger partial charge >= 0.3 is 6.03 Å². The third-order valence-electron chi connectivity index (χ3n) is 5.61. The number of aryl methyl sites for hydroxylation is 1. The molecule has 3 heterocycles. The van der Waals surface area contributed by atoms with E-state index in [4.69, 9.17) is 14.2 Å². The molecular weight excluding hydrogens is 346 g/mol. The van der Waals surface area contributed by atoms with Crippen LogP contribution < -0.4 is 10.1 Å². The number of fused-ring (bicyclic) bond motifs is 1. The Morgan fingerprint density at radius 3 is 2.48 bits per heavy atom. The lowest BCUT2D eigenvalue weighted by Gasteiger charge is -2.26. The monoisotopic (exact) mass is 375 g/mol. The Morgan fingerprint density at radius 1 is 1.15 bits per heavy atom. The summed E-state index contributed by atoms with van der Waals surface area (Å²) >= 11 is 0. The molecule has 1 N–H and O–H groups in total. The van der Waals surface area contributed by atoms with E-state index >= 15 is 0 Å². The van der Waals surface area contributed by atoms with Crippen molar-refractivity contribution < 1.29 is 19.0 Å².